The number of nitrogens with two attached hydrogens (primary N) is 1. The number of ether oxygens (including phenoxy) is 1. The van der Waals surface area contributed by atoms with Crippen molar-refractivity contribution in [3.05, 3.63) is 63.4 Å². The molecule has 2 rings (SSSR count). The molecular weight excluding hydrogens is 288 g/mol. The highest BCUT2D eigenvalue weighted by Crippen LogP contribution is 2.27. The van der Waals surface area contributed by atoms with Crippen molar-refractivity contribution in [2.75, 3.05) is 0 Å². The molecule has 2 N–H and O–H groups in total. The summed E-state index contributed by atoms with van der Waals surface area (Å²) in [5, 5.41) is 0.524. The monoisotopic (exact) mass is 299 g/mol. The highest BCUT2D eigenvalue weighted by molar-refractivity contribution is 6.32. The van der Waals surface area contributed by atoms with Crippen LogP contribution in [-0.2, 0) is 13.2 Å². The summed E-state index contributed by atoms with van der Waals surface area (Å²) in [6.45, 7) is 0.469. The molecule has 19 heavy (non-hydrogen) atoms. The third-order valence-electron chi connectivity index (χ3n) is 2.65. The van der Waals surface area contributed by atoms with E-state index in [4.69, 9.17) is 33.7 Å². The minimum absolute atomic E-state index is 0.0636. The summed E-state index contributed by atoms with van der Waals surface area (Å²) in [5.74, 6) is 0.0112. The van der Waals surface area contributed by atoms with Crippen molar-refractivity contribution in [1.29, 1.82) is 0 Å². The smallest absolute Gasteiger partial charge is 0.148 e. The van der Waals surface area contributed by atoms with Gasteiger partial charge in [-0.15, -0.1) is 0 Å². The van der Waals surface area contributed by atoms with E-state index in [0.717, 1.165) is 5.56 Å². The third kappa shape index (κ3) is 3.38. The van der Waals surface area contributed by atoms with E-state index in [-0.39, 0.29) is 11.6 Å². The lowest BCUT2D eigenvalue weighted by Gasteiger charge is -2.10. The largest absolute Gasteiger partial charge is 0.487 e. The van der Waals surface area contributed by atoms with Crippen LogP contribution in [0.25, 0.3) is 0 Å². The Morgan fingerprint density at radius 3 is 2.58 bits per heavy atom. The Balaban J connectivity index is 2.12. The molecule has 2 aromatic rings. The molecule has 0 bridgehead atoms. The SMILES string of the molecule is NCc1ccc(OCc2cccc(Cl)c2F)c(Cl)c1. The van der Waals surface area contributed by atoms with Gasteiger partial charge in [0.25, 0.3) is 0 Å². The molecule has 0 spiro atoms. The summed E-state index contributed by atoms with van der Waals surface area (Å²) in [4.78, 5) is 0. The molecule has 0 saturated carbocycles. The first-order valence-electron chi connectivity index (χ1n) is 5.66. The lowest BCUT2D eigenvalue weighted by atomic mass is 10.2. The summed E-state index contributed by atoms with van der Waals surface area (Å²) in [6, 6.07) is 10.0. The van der Waals surface area contributed by atoms with Gasteiger partial charge in [-0.05, 0) is 23.8 Å². The second-order valence-electron chi connectivity index (χ2n) is 3.97. The zero-order valence-corrected chi connectivity index (χ0v) is 11.5. The summed E-state index contributed by atoms with van der Waals surface area (Å²) in [7, 11) is 0. The maximum absolute atomic E-state index is 13.7. The van der Waals surface area contributed by atoms with Crippen molar-refractivity contribution in [3.63, 3.8) is 0 Å². The van der Waals surface area contributed by atoms with Gasteiger partial charge in [0.1, 0.15) is 18.2 Å². The van der Waals surface area contributed by atoms with Crippen LogP contribution in [0.5, 0.6) is 5.75 Å². The molecule has 2 nitrogen and oxygen atoms in total. The topological polar surface area (TPSA) is 35.2 Å². The molecule has 0 aromatic heterocycles. The molecule has 0 saturated heterocycles. The average molecular weight is 300 g/mol. The standard InChI is InChI=1S/C14H12Cl2FNO/c15-11-3-1-2-10(14(11)17)8-19-13-5-4-9(7-18)6-12(13)16/h1-6H,7-8,18H2. The summed E-state index contributed by atoms with van der Waals surface area (Å²) in [6.07, 6.45) is 0. The fourth-order valence-electron chi connectivity index (χ4n) is 1.60. The Morgan fingerprint density at radius 1 is 1.11 bits per heavy atom. The normalized spacial score (nSPS) is 10.5. The van der Waals surface area contributed by atoms with E-state index in [1.807, 2.05) is 6.07 Å². The van der Waals surface area contributed by atoms with Crippen molar-refractivity contribution in [1.82, 2.24) is 0 Å². The van der Waals surface area contributed by atoms with E-state index in [1.54, 1.807) is 24.3 Å². The van der Waals surface area contributed by atoms with Crippen molar-refractivity contribution in [2.24, 2.45) is 5.73 Å². The lowest BCUT2D eigenvalue weighted by Crippen LogP contribution is -2.00. The Kier molecular flexibility index (Phi) is 4.64. The van der Waals surface area contributed by atoms with Gasteiger partial charge in [0.15, 0.2) is 0 Å². The van der Waals surface area contributed by atoms with E-state index in [1.165, 1.54) is 6.07 Å². The van der Waals surface area contributed by atoms with Crippen molar-refractivity contribution in [2.45, 2.75) is 13.2 Å². The molecule has 0 fully saturated rings. The first kappa shape index (κ1) is 14.1. The molecule has 0 aliphatic carbocycles. The van der Waals surface area contributed by atoms with E-state index in [0.29, 0.717) is 22.9 Å². The maximum Gasteiger partial charge on any atom is 0.148 e. The van der Waals surface area contributed by atoms with E-state index in [2.05, 4.69) is 0 Å². The van der Waals surface area contributed by atoms with Crippen LogP contribution in [0.4, 0.5) is 4.39 Å². The molecule has 0 heterocycles. The van der Waals surface area contributed by atoms with Gasteiger partial charge in [-0.2, -0.15) is 0 Å². The molecule has 0 aliphatic heterocycles. The molecule has 0 unspecified atom stereocenters. The quantitative estimate of drug-likeness (QED) is 0.919. The zero-order valence-electron chi connectivity index (χ0n) is 10.00. The fraction of sp³-hybridized carbons (Fsp3) is 0.143. The number of hydrogen-bond acceptors (Lipinski definition) is 2. The second kappa shape index (κ2) is 6.24. The average Bonchev–Trinajstić information content (AvgIpc) is 2.41. The molecule has 0 amide bonds. The first-order valence-corrected chi connectivity index (χ1v) is 6.41. The highest BCUT2D eigenvalue weighted by Gasteiger charge is 2.08. The summed E-state index contributed by atoms with van der Waals surface area (Å²) in [5.41, 5.74) is 6.80. The van der Waals surface area contributed by atoms with E-state index >= 15 is 0 Å². The Morgan fingerprint density at radius 2 is 1.89 bits per heavy atom. The van der Waals surface area contributed by atoms with E-state index in [9.17, 15) is 4.39 Å². The summed E-state index contributed by atoms with van der Waals surface area (Å²) < 4.78 is 19.1. The molecule has 100 valence electrons. The van der Waals surface area contributed by atoms with Crippen LogP contribution in [0, 0.1) is 5.82 Å². The Bertz CT molecular complexity index is 590. The molecule has 0 radical (unpaired) electrons. The predicted octanol–water partition coefficient (Wildman–Crippen LogP) is 4.17. The lowest BCUT2D eigenvalue weighted by molar-refractivity contribution is 0.300. The number of rotatable bonds is 4. The van der Waals surface area contributed by atoms with Gasteiger partial charge in [0.05, 0.1) is 10.0 Å². The molecular formula is C14H12Cl2FNO. The highest BCUT2D eigenvalue weighted by atomic mass is 35.5. The number of hydrogen-bond donors (Lipinski definition) is 1. The van der Waals surface area contributed by atoms with Crippen LogP contribution in [-0.4, -0.2) is 0 Å². The van der Waals surface area contributed by atoms with Crippen molar-refractivity contribution >= 4 is 23.2 Å². The van der Waals surface area contributed by atoms with Gasteiger partial charge in [-0.3, -0.25) is 0 Å². The summed E-state index contributed by atoms with van der Waals surface area (Å²) >= 11 is 11.7. The predicted molar refractivity (Wildman–Crippen MR) is 75.1 cm³/mol. The maximum atomic E-state index is 13.7. The fourth-order valence-corrected chi connectivity index (χ4v) is 2.06. The van der Waals surface area contributed by atoms with Gasteiger partial charge < -0.3 is 10.5 Å². The first-order chi connectivity index (χ1) is 9.11. The van der Waals surface area contributed by atoms with E-state index < -0.39 is 5.82 Å². The molecule has 2 aromatic carbocycles. The molecule has 0 atom stereocenters. The third-order valence-corrected chi connectivity index (χ3v) is 3.23. The zero-order chi connectivity index (χ0) is 13.8. The minimum Gasteiger partial charge on any atom is -0.487 e. The van der Waals surface area contributed by atoms with Gasteiger partial charge in [-0.25, -0.2) is 4.39 Å². The number of halogens is 3. The van der Waals surface area contributed by atoms with Gasteiger partial charge in [-0.1, -0.05) is 41.4 Å². The minimum atomic E-state index is -0.473. The molecule has 0 aliphatic rings. The number of benzene rings is 2. The Labute approximate surface area is 120 Å². The van der Waals surface area contributed by atoms with Crippen LogP contribution in [0.15, 0.2) is 36.4 Å². The van der Waals surface area contributed by atoms with Crippen LogP contribution in [0.2, 0.25) is 10.0 Å². The van der Waals surface area contributed by atoms with Crippen LogP contribution >= 0.6 is 23.2 Å². The van der Waals surface area contributed by atoms with Crippen LogP contribution < -0.4 is 10.5 Å². The van der Waals surface area contributed by atoms with Crippen LogP contribution in [0.1, 0.15) is 11.1 Å². The molecule has 5 heteroatoms. The van der Waals surface area contributed by atoms with Gasteiger partial charge in [0.2, 0.25) is 0 Å². The van der Waals surface area contributed by atoms with Crippen molar-refractivity contribution < 1.29 is 9.13 Å². The van der Waals surface area contributed by atoms with Gasteiger partial charge in [0, 0.05) is 12.1 Å². The second-order valence-corrected chi connectivity index (χ2v) is 4.78. The Hall–Kier alpha value is -1.29. The van der Waals surface area contributed by atoms with Crippen LogP contribution in [0.3, 0.4) is 0 Å². The van der Waals surface area contributed by atoms with Gasteiger partial charge >= 0.3 is 0 Å². The van der Waals surface area contributed by atoms with Crippen molar-refractivity contribution in [3.8, 4) is 5.75 Å².